The van der Waals surface area contributed by atoms with Gasteiger partial charge in [-0.1, -0.05) is 62.6 Å². The van der Waals surface area contributed by atoms with Gasteiger partial charge in [0.1, 0.15) is 0 Å². The van der Waals surface area contributed by atoms with Crippen LogP contribution in [-0.4, -0.2) is 3.42 Å². The van der Waals surface area contributed by atoms with Crippen molar-refractivity contribution in [2.24, 2.45) is 11.8 Å². The van der Waals surface area contributed by atoms with Gasteiger partial charge in [-0.05, 0) is 24.7 Å². The maximum Gasteiger partial charge on any atom is 0.0194 e. The highest BCUT2D eigenvalue weighted by molar-refractivity contribution is 14.1. The SMILES string of the molecule is CCC1CCC(C(C)(C)I)CC1. The van der Waals surface area contributed by atoms with Gasteiger partial charge in [0.25, 0.3) is 0 Å². The van der Waals surface area contributed by atoms with Crippen molar-refractivity contribution in [2.75, 3.05) is 0 Å². The molecule has 0 aromatic carbocycles. The summed E-state index contributed by atoms with van der Waals surface area (Å²) in [6.07, 6.45) is 7.29. The van der Waals surface area contributed by atoms with Crippen molar-refractivity contribution < 1.29 is 0 Å². The van der Waals surface area contributed by atoms with Gasteiger partial charge in [0.2, 0.25) is 0 Å². The Morgan fingerprint density at radius 2 is 1.67 bits per heavy atom. The van der Waals surface area contributed by atoms with Crippen LogP contribution in [0.1, 0.15) is 52.9 Å². The van der Waals surface area contributed by atoms with Gasteiger partial charge in [0.05, 0.1) is 0 Å². The van der Waals surface area contributed by atoms with E-state index in [0.717, 1.165) is 11.8 Å². The first-order valence-corrected chi connectivity index (χ1v) is 6.30. The first-order chi connectivity index (χ1) is 5.54. The topological polar surface area (TPSA) is 0 Å². The highest BCUT2D eigenvalue weighted by Crippen LogP contribution is 2.40. The van der Waals surface area contributed by atoms with Crippen molar-refractivity contribution in [2.45, 2.75) is 56.3 Å². The Morgan fingerprint density at radius 3 is 2.00 bits per heavy atom. The van der Waals surface area contributed by atoms with Crippen molar-refractivity contribution in [3.63, 3.8) is 0 Å². The third kappa shape index (κ3) is 2.90. The summed E-state index contributed by atoms with van der Waals surface area (Å²) < 4.78 is 0.524. The van der Waals surface area contributed by atoms with Crippen molar-refractivity contribution in [1.29, 1.82) is 0 Å². The lowest BCUT2D eigenvalue weighted by atomic mass is 9.76. The molecular formula is C11H21I. The van der Waals surface area contributed by atoms with E-state index in [1.54, 1.807) is 0 Å². The molecule has 1 heteroatoms. The van der Waals surface area contributed by atoms with Crippen LogP contribution in [0.2, 0.25) is 0 Å². The third-order valence-corrected chi connectivity index (χ3v) is 4.28. The van der Waals surface area contributed by atoms with Crippen molar-refractivity contribution >= 4 is 22.6 Å². The zero-order chi connectivity index (χ0) is 9.19. The fourth-order valence-electron chi connectivity index (χ4n) is 2.26. The van der Waals surface area contributed by atoms with Crippen LogP contribution in [0.5, 0.6) is 0 Å². The van der Waals surface area contributed by atoms with Gasteiger partial charge in [0.15, 0.2) is 0 Å². The smallest absolute Gasteiger partial charge is 0.0194 e. The van der Waals surface area contributed by atoms with Crippen LogP contribution in [0.15, 0.2) is 0 Å². The normalized spacial score (nSPS) is 32.0. The van der Waals surface area contributed by atoms with Gasteiger partial charge >= 0.3 is 0 Å². The van der Waals surface area contributed by atoms with Gasteiger partial charge in [-0.2, -0.15) is 0 Å². The average molecular weight is 280 g/mol. The van der Waals surface area contributed by atoms with E-state index in [1.807, 2.05) is 0 Å². The Balaban J connectivity index is 2.36. The number of hydrogen-bond donors (Lipinski definition) is 0. The summed E-state index contributed by atoms with van der Waals surface area (Å²) in [5, 5.41) is 0. The zero-order valence-electron chi connectivity index (χ0n) is 8.57. The molecule has 72 valence electrons. The Bertz CT molecular complexity index is 126. The average Bonchev–Trinajstić information content (AvgIpc) is 2.03. The van der Waals surface area contributed by atoms with Crippen LogP contribution >= 0.6 is 22.6 Å². The fourth-order valence-corrected chi connectivity index (χ4v) is 2.88. The number of alkyl halides is 1. The Labute approximate surface area is 90.6 Å². The molecule has 12 heavy (non-hydrogen) atoms. The van der Waals surface area contributed by atoms with E-state index in [0.29, 0.717) is 3.42 Å². The minimum atomic E-state index is 0.524. The molecule has 1 fully saturated rings. The lowest BCUT2D eigenvalue weighted by Crippen LogP contribution is -2.28. The molecule has 1 rings (SSSR count). The molecule has 1 aliphatic rings. The molecule has 0 spiro atoms. The van der Waals surface area contributed by atoms with Gasteiger partial charge in [0, 0.05) is 3.42 Å². The standard InChI is InChI=1S/C11H21I/c1-4-9-5-7-10(8-6-9)11(2,3)12/h9-10H,4-8H2,1-3H3. The molecule has 0 bridgehead atoms. The summed E-state index contributed by atoms with van der Waals surface area (Å²) in [7, 11) is 0. The number of halogens is 1. The predicted octanol–water partition coefficient (Wildman–Crippen LogP) is 4.42. The lowest BCUT2D eigenvalue weighted by molar-refractivity contribution is 0.244. The van der Waals surface area contributed by atoms with E-state index in [4.69, 9.17) is 0 Å². The lowest BCUT2D eigenvalue weighted by Gasteiger charge is -2.35. The molecule has 0 amide bonds. The van der Waals surface area contributed by atoms with Gasteiger partial charge < -0.3 is 0 Å². The molecule has 0 aromatic heterocycles. The molecular weight excluding hydrogens is 259 g/mol. The number of hydrogen-bond acceptors (Lipinski definition) is 0. The molecule has 0 radical (unpaired) electrons. The predicted molar refractivity (Wildman–Crippen MR) is 63.8 cm³/mol. The van der Waals surface area contributed by atoms with Crippen molar-refractivity contribution in [3.05, 3.63) is 0 Å². The van der Waals surface area contributed by atoms with Crippen LogP contribution in [0, 0.1) is 11.8 Å². The molecule has 0 heterocycles. The summed E-state index contributed by atoms with van der Waals surface area (Å²) in [5.41, 5.74) is 0. The highest BCUT2D eigenvalue weighted by Gasteiger charge is 2.30. The summed E-state index contributed by atoms with van der Waals surface area (Å²) in [6, 6.07) is 0. The number of rotatable bonds is 2. The second-order valence-corrected chi connectivity index (χ2v) is 7.47. The van der Waals surface area contributed by atoms with E-state index in [-0.39, 0.29) is 0 Å². The largest absolute Gasteiger partial charge is 0.0792 e. The maximum atomic E-state index is 2.62. The summed E-state index contributed by atoms with van der Waals surface area (Å²) in [6.45, 7) is 7.09. The second-order valence-electron chi connectivity index (χ2n) is 4.69. The van der Waals surface area contributed by atoms with Crippen molar-refractivity contribution in [3.8, 4) is 0 Å². The van der Waals surface area contributed by atoms with Crippen LogP contribution in [0.3, 0.4) is 0 Å². The van der Waals surface area contributed by atoms with Crippen LogP contribution in [-0.2, 0) is 0 Å². The first-order valence-electron chi connectivity index (χ1n) is 5.23. The molecule has 1 saturated carbocycles. The van der Waals surface area contributed by atoms with E-state index in [2.05, 4.69) is 43.4 Å². The fraction of sp³-hybridized carbons (Fsp3) is 1.00. The minimum absolute atomic E-state index is 0.524. The molecule has 0 nitrogen and oxygen atoms in total. The molecule has 0 N–H and O–H groups in total. The Morgan fingerprint density at radius 1 is 1.17 bits per heavy atom. The van der Waals surface area contributed by atoms with E-state index >= 15 is 0 Å². The van der Waals surface area contributed by atoms with E-state index < -0.39 is 0 Å². The molecule has 0 atom stereocenters. The quantitative estimate of drug-likeness (QED) is 0.519. The Kier molecular flexibility index (Phi) is 3.87. The van der Waals surface area contributed by atoms with Crippen molar-refractivity contribution in [1.82, 2.24) is 0 Å². The van der Waals surface area contributed by atoms with E-state index in [1.165, 1.54) is 32.1 Å². The molecule has 1 aliphatic carbocycles. The second kappa shape index (κ2) is 4.30. The summed E-state index contributed by atoms with van der Waals surface area (Å²) >= 11 is 2.62. The molecule has 0 unspecified atom stereocenters. The zero-order valence-corrected chi connectivity index (χ0v) is 10.7. The maximum absolute atomic E-state index is 2.62. The molecule has 0 aromatic rings. The van der Waals surface area contributed by atoms with Crippen LogP contribution in [0.4, 0.5) is 0 Å². The highest BCUT2D eigenvalue weighted by atomic mass is 127. The monoisotopic (exact) mass is 280 g/mol. The Hall–Kier alpha value is 0.730. The summed E-state index contributed by atoms with van der Waals surface area (Å²) in [5.74, 6) is 2.01. The summed E-state index contributed by atoms with van der Waals surface area (Å²) in [4.78, 5) is 0. The van der Waals surface area contributed by atoms with Crippen LogP contribution in [0.25, 0.3) is 0 Å². The third-order valence-electron chi connectivity index (χ3n) is 3.39. The first kappa shape index (κ1) is 10.8. The van der Waals surface area contributed by atoms with E-state index in [9.17, 15) is 0 Å². The molecule has 0 saturated heterocycles. The minimum Gasteiger partial charge on any atom is -0.0792 e. The van der Waals surface area contributed by atoms with Crippen LogP contribution < -0.4 is 0 Å². The van der Waals surface area contributed by atoms with Gasteiger partial charge in [-0.3, -0.25) is 0 Å². The van der Waals surface area contributed by atoms with Gasteiger partial charge in [-0.15, -0.1) is 0 Å². The van der Waals surface area contributed by atoms with Gasteiger partial charge in [-0.25, -0.2) is 0 Å². The molecule has 0 aliphatic heterocycles.